The summed E-state index contributed by atoms with van der Waals surface area (Å²) in [4.78, 5) is 33.3. The van der Waals surface area contributed by atoms with Gasteiger partial charge in [0.1, 0.15) is 17.9 Å². The van der Waals surface area contributed by atoms with Gasteiger partial charge >= 0.3 is 12.6 Å². The van der Waals surface area contributed by atoms with E-state index in [1.165, 1.54) is 53.7 Å². The van der Waals surface area contributed by atoms with Crippen LogP contribution in [0.5, 0.6) is 17.2 Å². The SMILES string of the molecule is CS(=O)(=O)Nc1ccc(C(=O)N2CCC[C@H]2C(=O)O[C@@H](Cc2c(Cl)cncc2Cl)c2ccc(OC(F)F)c(OCC3CC3)c2)cc1OCC1CC1. The van der Waals surface area contributed by atoms with E-state index in [4.69, 9.17) is 42.1 Å². The molecule has 1 aliphatic heterocycles. The standard InChI is InChI=1S/C35H37Cl2F2N3O8S/c1-51(45,46)41-27-10-8-23(14-31(27)47-18-20-4-5-20)33(43)42-12-2-3-28(42)34(44)49-30(15-24-25(36)16-40-17-26(24)37)22-9-11-29(50-35(38)39)32(13-22)48-19-21-6-7-21/h8-11,13-14,16-17,20-21,28,30,35,41H,2-7,12,15,18-19H2,1H3/t28-,30-/m0/s1. The number of alkyl halides is 2. The van der Waals surface area contributed by atoms with Crippen LogP contribution in [0.4, 0.5) is 14.5 Å². The van der Waals surface area contributed by atoms with Gasteiger partial charge in [0, 0.05) is 30.9 Å². The number of rotatable bonds is 16. The van der Waals surface area contributed by atoms with Crippen LogP contribution < -0.4 is 18.9 Å². The van der Waals surface area contributed by atoms with E-state index in [1.54, 1.807) is 0 Å². The Hall–Kier alpha value is -3.88. The molecule has 2 aromatic carbocycles. The Balaban J connectivity index is 1.26. The van der Waals surface area contributed by atoms with E-state index >= 15 is 0 Å². The number of nitrogens with zero attached hydrogens (tertiary/aromatic N) is 2. The van der Waals surface area contributed by atoms with E-state index in [0.29, 0.717) is 49.0 Å². The normalized spacial score (nSPS) is 18.0. The number of hydrogen-bond acceptors (Lipinski definition) is 9. The van der Waals surface area contributed by atoms with Crippen LogP contribution in [0.3, 0.4) is 0 Å². The first-order valence-corrected chi connectivity index (χ1v) is 19.2. The Morgan fingerprint density at radius 2 is 1.61 bits per heavy atom. The minimum absolute atomic E-state index is 0.000199. The van der Waals surface area contributed by atoms with Gasteiger partial charge in [-0.15, -0.1) is 0 Å². The third kappa shape index (κ3) is 9.92. The molecule has 0 bridgehead atoms. The number of ether oxygens (including phenoxy) is 4. The molecule has 3 aliphatic rings. The van der Waals surface area contributed by atoms with Crippen LogP contribution >= 0.6 is 23.2 Å². The Morgan fingerprint density at radius 3 is 2.24 bits per heavy atom. The number of halogens is 4. The number of sulfonamides is 1. The molecule has 1 saturated heterocycles. The number of nitrogens with one attached hydrogen (secondary N) is 1. The van der Waals surface area contributed by atoms with Crippen LogP contribution in [-0.2, 0) is 26.0 Å². The number of anilines is 1. The Morgan fingerprint density at radius 1 is 0.941 bits per heavy atom. The summed E-state index contributed by atoms with van der Waals surface area (Å²) in [5.41, 5.74) is 1.26. The first-order chi connectivity index (χ1) is 24.3. The molecule has 274 valence electrons. The predicted octanol–water partition coefficient (Wildman–Crippen LogP) is 7.07. The molecule has 51 heavy (non-hydrogen) atoms. The summed E-state index contributed by atoms with van der Waals surface area (Å²) in [6.07, 6.45) is 7.61. The number of likely N-dealkylation sites (tertiary alicyclic amines) is 1. The van der Waals surface area contributed by atoms with Gasteiger partial charge in [-0.2, -0.15) is 8.78 Å². The molecule has 0 spiro atoms. The van der Waals surface area contributed by atoms with Gasteiger partial charge in [-0.3, -0.25) is 14.5 Å². The molecule has 2 aliphatic carbocycles. The van der Waals surface area contributed by atoms with Gasteiger partial charge in [0.05, 0.1) is 35.2 Å². The summed E-state index contributed by atoms with van der Waals surface area (Å²) < 4.78 is 75.5. The molecule has 0 unspecified atom stereocenters. The maximum Gasteiger partial charge on any atom is 0.387 e. The second kappa shape index (κ2) is 15.8. The molecule has 2 saturated carbocycles. The quantitative estimate of drug-likeness (QED) is 0.152. The Kier molecular flexibility index (Phi) is 11.4. The maximum atomic E-state index is 14.0. The number of hydrogen-bond donors (Lipinski definition) is 1. The van der Waals surface area contributed by atoms with Gasteiger partial charge in [-0.1, -0.05) is 29.3 Å². The lowest BCUT2D eigenvalue weighted by Gasteiger charge is -2.27. The van der Waals surface area contributed by atoms with Gasteiger partial charge in [0.2, 0.25) is 10.0 Å². The van der Waals surface area contributed by atoms with Crippen molar-refractivity contribution in [2.24, 2.45) is 11.8 Å². The second-order valence-corrected chi connectivity index (χ2v) is 15.6. The predicted molar refractivity (Wildman–Crippen MR) is 185 cm³/mol. The number of aromatic nitrogens is 1. The molecule has 11 nitrogen and oxygen atoms in total. The van der Waals surface area contributed by atoms with Crippen LogP contribution in [0, 0.1) is 11.8 Å². The molecular weight excluding hydrogens is 731 g/mol. The second-order valence-electron chi connectivity index (χ2n) is 13.0. The van der Waals surface area contributed by atoms with Crippen LogP contribution in [0.1, 0.15) is 66.1 Å². The van der Waals surface area contributed by atoms with Gasteiger partial charge in [-0.25, -0.2) is 13.2 Å². The van der Waals surface area contributed by atoms with Crippen molar-refractivity contribution < 1.29 is 45.7 Å². The van der Waals surface area contributed by atoms with Crippen molar-refractivity contribution in [3.63, 3.8) is 0 Å². The monoisotopic (exact) mass is 767 g/mol. The lowest BCUT2D eigenvalue weighted by Crippen LogP contribution is -2.42. The molecule has 3 aromatic rings. The number of carbonyl (C=O) groups excluding carboxylic acids is 2. The first-order valence-electron chi connectivity index (χ1n) is 16.6. The maximum absolute atomic E-state index is 14.0. The molecular formula is C35H37Cl2F2N3O8S. The van der Waals surface area contributed by atoms with Crippen molar-refractivity contribution in [2.75, 3.05) is 30.7 Å². The third-order valence-electron chi connectivity index (χ3n) is 8.81. The van der Waals surface area contributed by atoms with E-state index < -0.39 is 40.7 Å². The topological polar surface area (TPSA) is 133 Å². The van der Waals surface area contributed by atoms with Gasteiger partial charge in [0.25, 0.3) is 5.91 Å². The molecule has 6 rings (SSSR count). The molecule has 1 amide bonds. The van der Waals surface area contributed by atoms with Crippen molar-refractivity contribution in [3.8, 4) is 17.2 Å². The molecule has 2 heterocycles. The summed E-state index contributed by atoms with van der Waals surface area (Å²) in [5.74, 6) is -0.355. The number of benzene rings is 2. The molecule has 0 radical (unpaired) electrons. The fourth-order valence-corrected chi connectivity index (χ4v) is 6.85. The number of amides is 1. The van der Waals surface area contributed by atoms with Crippen LogP contribution in [0.2, 0.25) is 10.0 Å². The molecule has 3 fully saturated rings. The van der Waals surface area contributed by atoms with E-state index in [2.05, 4.69) is 9.71 Å². The number of pyridine rings is 1. The summed E-state index contributed by atoms with van der Waals surface area (Å²) in [6.45, 7) is -2.12. The zero-order valence-corrected chi connectivity index (χ0v) is 30.0. The largest absolute Gasteiger partial charge is 0.491 e. The lowest BCUT2D eigenvalue weighted by atomic mass is 10.0. The van der Waals surface area contributed by atoms with Crippen LogP contribution in [0.15, 0.2) is 48.8 Å². The van der Waals surface area contributed by atoms with Crippen molar-refractivity contribution in [1.82, 2.24) is 9.88 Å². The molecule has 2 atom stereocenters. The van der Waals surface area contributed by atoms with Crippen molar-refractivity contribution in [3.05, 3.63) is 75.5 Å². The highest BCUT2D eigenvalue weighted by Crippen LogP contribution is 2.39. The number of esters is 1. The average Bonchev–Trinajstić information content (AvgIpc) is 4.02. The van der Waals surface area contributed by atoms with E-state index in [0.717, 1.165) is 31.9 Å². The van der Waals surface area contributed by atoms with Gasteiger partial charge in [-0.05, 0) is 91.8 Å². The highest BCUT2D eigenvalue weighted by molar-refractivity contribution is 7.92. The minimum atomic E-state index is -3.62. The highest BCUT2D eigenvalue weighted by Gasteiger charge is 2.38. The summed E-state index contributed by atoms with van der Waals surface area (Å²) in [6, 6.07) is 7.77. The summed E-state index contributed by atoms with van der Waals surface area (Å²) in [5, 5.41) is 0.468. The van der Waals surface area contributed by atoms with Crippen molar-refractivity contribution in [2.45, 2.75) is 63.7 Å². The smallest absolute Gasteiger partial charge is 0.387 e. The molecule has 16 heteroatoms. The van der Waals surface area contributed by atoms with E-state index in [-0.39, 0.29) is 51.5 Å². The van der Waals surface area contributed by atoms with Gasteiger partial charge in [0.15, 0.2) is 11.5 Å². The first kappa shape index (κ1) is 36.9. The Labute approximate surface area is 304 Å². The highest BCUT2D eigenvalue weighted by atomic mass is 35.5. The zero-order chi connectivity index (χ0) is 36.3. The van der Waals surface area contributed by atoms with Crippen LogP contribution in [0.25, 0.3) is 0 Å². The molecule has 1 N–H and O–H groups in total. The average molecular weight is 769 g/mol. The van der Waals surface area contributed by atoms with Gasteiger partial charge < -0.3 is 23.8 Å². The Bertz CT molecular complexity index is 1860. The zero-order valence-electron chi connectivity index (χ0n) is 27.7. The van der Waals surface area contributed by atoms with E-state index in [9.17, 15) is 26.8 Å². The van der Waals surface area contributed by atoms with Crippen molar-refractivity contribution >= 4 is 50.8 Å². The fourth-order valence-electron chi connectivity index (χ4n) is 5.76. The summed E-state index contributed by atoms with van der Waals surface area (Å²) in [7, 11) is -3.62. The number of carbonyl (C=O) groups is 2. The summed E-state index contributed by atoms with van der Waals surface area (Å²) >= 11 is 12.9. The fraction of sp³-hybridized carbons (Fsp3) is 0.457. The third-order valence-corrected chi connectivity index (χ3v) is 10.1. The molecule has 1 aromatic heterocycles. The van der Waals surface area contributed by atoms with Crippen molar-refractivity contribution in [1.29, 1.82) is 0 Å². The lowest BCUT2D eigenvalue weighted by molar-refractivity contribution is -0.154. The minimum Gasteiger partial charge on any atom is -0.491 e. The van der Waals surface area contributed by atoms with E-state index in [1.807, 2.05) is 0 Å². The van der Waals surface area contributed by atoms with Crippen LogP contribution in [-0.4, -0.2) is 68.8 Å².